The molecule has 2 amide bonds. The maximum absolute atomic E-state index is 12.4. The van der Waals surface area contributed by atoms with E-state index in [0.29, 0.717) is 23.1 Å². The van der Waals surface area contributed by atoms with Crippen LogP contribution in [-0.2, 0) is 13.2 Å². The summed E-state index contributed by atoms with van der Waals surface area (Å²) in [6.07, 6.45) is 1.53. The van der Waals surface area contributed by atoms with Gasteiger partial charge in [-0.15, -0.1) is 0 Å². The Morgan fingerprint density at radius 3 is 2.78 bits per heavy atom. The van der Waals surface area contributed by atoms with Crippen LogP contribution in [0.5, 0.6) is 5.75 Å². The van der Waals surface area contributed by atoms with E-state index in [1.54, 1.807) is 30.3 Å². The Kier molecular flexibility index (Phi) is 5.46. The van der Waals surface area contributed by atoms with Gasteiger partial charge >= 0.3 is 0 Å². The number of carbonyl (C=O) groups is 2. The molecule has 8 nitrogen and oxygen atoms in total. The van der Waals surface area contributed by atoms with Crippen molar-refractivity contribution in [3.8, 4) is 5.75 Å². The molecule has 0 aliphatic carbocycles. The predicted octanol–water partition coefficient (Wildman–Crippen LogP) is 3.08. The molecule has 0 saturated heterocycles. The number of nitrogens with one attached hydrogen (secondary N) is 1. The summed E-state index contributed by atoms with van der Waals surface area (Å²) >= 11 is 6.03. The average molecular weight is 389 g/mol. The van der Waals surface area contributed by atoms with Gasteiger partial charge in [0.15, 0.2) is 11.5 Å². The third-order valence-corrected chi connectivity index (χ3v) is 3.97. The first-order chi connectivity index (χ1) is 13.0. The fraction of sp³-hybridized carbons (Fsp3) is 0.167. The summed E-state index contributed by atoms with van der Waals surface area (Å²) in [5.74, 6) is -0.241. The van der Waals surface area contributed by atoms with E-state index in [0.717, 1.165) is 0 Å². The molecule has 0 aliphatic heterocycles. The second kappa shape index (κ2) is 7.96. The van der Waals surface area contributed by atoms with E-state index in [2.05, 4.69) is 10.4 Å². The van der Waals surface area contributed by atoms with Crippen molar-refractivity contribution in [2.75, 3.05) is 5.32 Å². The van der Waals surface area contributed by atoms with E-state index in [1.165, 1.54) is 16.9 Å². The van der Waals surface area contributed by atoms with E-state index in [4.69, 9.17) is 26.5 Å². The number of aryl methyl sites for hydroxylation is 1. The van der Waals surface area contributed by atoms with Gasteiger partial charge in [-0.3, -0.25) is 14.3 Å². The number of hydrogen-bond donors (Lipinski definition) is 2. The van der Waals surface area contributed by atoms with Gasteiger partial charge < -0.3 is 20.2 Å². The first kappa shape index (κ1) is 18.5. The van der Waals surface area contributed by atoms with Crippen molar-refractivity contribution in [3.63, 3.8) is 0 Å². The van der Waals surface area contributed by atoms with Gasteiger partial charge in [-0.25, -0.2) is 0 Å². The van der Waals surface area contributed by atoms with Gasteiger partial charge in [0.1, 0.15) is 18.1 Å². The fourth-order valence-corrected chi connectivity index (χ4v) is 2.52. The molecule has 1 aromatic carbocycles. The van der Waals surface area contributed by atoms with Gasteiger partial charge in [-0.05, 0) is 31.2 Å². The van der Waals surface area contributed by atoms with E-state index >= 15 is 0 Å². The van der Waals surface area contributed by atoms with Crippen molar-refractivity contribution in [2.24, 2.45) is 5.73 Å². The van der Waals surface area contributed by atoms with Crippen molar-refractivity contribution in [2.45, 2.75) is 20.1 Å². The second-order valence-electron chi connectivity index (χ2n) is 5.55. The number of ether oxygens (including phenoxy) is 1. The third-order valence-electron chi connectivity index (χ3n) is 3.66. The van der Waals surface area contributed by atoms with Crippen LogP contribution in [0.4, 0.5) is 5.69 Å². The lowest BCUT2D eigenvalue weighted by Gasteiger charge is -2.05. The molecule has 0 atom stereocenters. The van der Waals surface area contributed by atoms with Crippen LogP contribution in [0.15, 0.2) is 47.0 Å². The average Bonchev–Trinajstić information content (AvgIpc) is 3.28. The van der Waals surface area contributed by atoms with Gasteiger partial charge in [0.05, 0.1) is 10.7 Å². The van der Waals surface area contributed by atoms with Gasteiger partial charge in [0, 0.05) is 12.7 Å². The number of aromatic nitrogens is 2. The molecule has 0 radical (unpaired) electrons. The summed E-state index contributed by atoms with van der Waals surface area (Å²) < 4.78 is 12.6. The molecule has 3 N–H and O–H groups in total. The first-order valence-corrected chi connectivity index (χ1v) is 8.50. The van der Waals surface area contributed by atoms with Crippen LogP contribution in [0.3, 0.4) is 0 Å². The number of halogens is 1. The van der Waals surface area contributed by atoms with E-state index in [9.17, 15) is 9.59 Å². The smallest absolute Gasteiger partial charge is 0.291 e. The number of nitrogens with two attached hydrogens (primary N) is 1. The molecular formula is C18H17ClN4O4. The number of amides is 2. The summed E-state index contributed by atoms with van der Waals surface area (Å²) in [5, 5.41) is 7.08. The number of furan rings is 1. The maximum Gasteiger partial charge on any atom is 0.291 e. The van der Waals surface area contributed by atoms with Crippen LogP contribution in [0.2, 0.25) is 5.02 Å². The Hall–Kier alpha value is -3.26. The van der Waals surface area contributed by atoms with Crippen LogP contribution in [0.25, 0.3) is 0 Å². The Morgan fingerprint density at radius 1 is 1.30 bits per heavy atom. The van der Waals surface area contributed by atoms with Gasteiger partial charge in [-0.1, -0.05) is 23.7 Å². The predicted molar refractivity (Wildman–Crippen MR) is 98.9 cm³/mol. The van der Waals surface area contributed by atoms with E-state index in [-0.39, 0.29) is 23.7 Å². The maximum atomic E-state index is 12.4. The highest BCUT2D eigenvalue weighted by atomic mass is 35.5. The number of hydrogen-bond acceptors (Lipinski definition) is 5. The van der Waals surface area contributed by atoms with Crippen LogP contribution < -0.4 is 15.8 Å². The molecule has 140 valence electrons. The summed E-state index contributed by atoms with van der Waals surface area (Å²) in [4.78, 5) is 23.8. The number of carbonyl (C=O) groups excluding carboxylic acids is 2. The van der Waals surface area contributed by atoms with E-state index < -0.39 is 11.8 Å². The molecule has 3 rings (SSSR count). The summed E-state index contributed by atoms with van der Waals surface area (Å²) in [7, 11) is 0. The first-order valence-electron chi connectivity index (χ1n) is 8.12. The van der Waals surface area contributed by atoms with Gasteiger partial charge in [0.2, 0.25) is 0 Å². The zero-order chi connectivity index (χ0) is 19.4. The minimum Gasteiger partial charge on any atom is -0.484 e. The Balaban J connectivity index is 1.68. The van der Waals surface area contributed by atoms with Crippen LogP contribution in [0.1, 0.15) is 33.7 Å². The quantitative estimate of drug-likeness (QED) is 0.645. The Bertz CT molecular complexity index is 979. The molecule has 0 aliphatic rings. The molecule has 0 unspecified atom stereocenters. The van der Waals surface area contributed by atoms with Crippen molar-refractivity contribution >= 4 is 29.1 Å². The number of rotatable bonds is 7. The molecule has 3 aromatic rings. The molecule has 0 spiro atoms. The van der Waals surface area contributed by atoms with Crippen molar-refractivity contribution < 1.29 is 18.7 Å². The molecule has 27 heavy (non-hydrogen) atoms. The molecule has 0 saturated carbocycles. The van der Waals surface area contributed by atoms with Gasteiger partial charge in [0.25, 0.3) is 11.8 Å². The third kappa shape index (κ3) is 4.29. The largest absolute Gasteiger partial charge is 0.484 e. The van der Waals surface area contributed by atoms with E-state index in [1.807, 2.05) is 6.92 Å². The standard InChI is InChI=1S/C18H17ClN4O4/c1-2-23-9-13(16(22-23)17(20)24)21-18(25)15-8-7-11(27-15)10-26-14-6-4-3-5-12(14)19/h3-9H,2,10H2,1H3,(H2,20,24)(H,21,25). The molecule has 9 heteroatoms. The number of benzene rings is 1. The van der Waals surface area contributed by atoms with Crippen LogP contribution in [-0.4, -0.2) is 21.6 Å². The number of anilines is 1. The molecule has 0 bridgehead atoms. The number of primary amides is 1. The van der Waals surface area contributed by atoms with Crippen molar-refractivity contribution in [1.29, 1.82) is 0 Å². The molecular weight excluding hydrogens is 372 g/mol. The topological polar surface area (TPSA) is 112 Å². The molecule has 2 aromatic heterocycles. The second-order valence-corrected chi connectivity index (χ2v) is 5.96. The number of para-hydroxylation sites is 1. The Morgan fingerprint density at radius 2 is 2.07 bits per heavy atom. The minimum absolute atomic E-state index is 0.0148. The normalized spacial score (nSPS) is 10.6. The van der Waals surface area contributed by atoms with Crippen LogP contribution in [0, 0.1) is 0 Å². The summed E-state index contributed by atoms with van der Waals surface area (Å²) in [6.45, 7) is 2.49. The Labute approximate surface area is 159 Å². The summed E-state index contributed by atoms with van der Waals surface area (Å²) in [6, 6.07) is 10.2. The lowest BCUT2D eigenvalue weighted by atomic mass is 10.3. The van der Waals surface area contributed by atoms with Gasteiger partial charge in [-0.2, -0.15) is 5.10 Å². The minimum atomic E-state index is -0.731. The van der Waals surface area contributed by atoms with Crippen LogP contribution >= 0.6 is 11.6 Å². The zero-order valence-electron chi connectivity index (χ0n) is 14.4. The van der Waals surface area contributed by atoms with Crippen molar-refractivity contribution in [1.82, 2.24) is 9.78 Å². The van der Waals surface area contributed by atoms with Crippen molar-refractivity contribution in [3.05, 3.63) is 64.8 Å². The monoisotopic (exact) mass is 388 g/mol. The lowest BCUT2D eigenvalue weighted by Crippen LogP contribution is -2.17. The molecule has 0 fully saturated rings. The fourth-order valence-electron chi connectivity index (χ4n) is 2.33. The SMILES string of the molecule is CCn1cc(NC(=O)c2ccc(COc3ccccc3Cl)o2)c(C(N)=O)n1. The summed E-state index contributed by atoms with van der Waals surface area (Å²) in [5.41, 5.74) is 5.50. The molecule has 2 heterocycles. The highest BCUT2D eigenvalue weighted by molar-refractivity contribution is 6.32. The highest BCUT2D eigenvalue weighted by Crippen LogP contribution is 2.24. The highest BCUT2D eigenvalue weighted by Gasteiger charge is 2.19. The zero-order valence-corrected chi connectivity index (χ0v) is 15.2. The number of nitrogens with zero attached hydrogens (tertiary/aromatic N) is 2. The lowest BCUT2D eigenvalue weighted by molar-refractivity contribution is 0.0992.